The Hall–Kier alpha value is -2.90. The predicted octanol–water partition coefficient (Wildman–Crippen LogP) is 4.31. The van der Waals surface area contributed by atoms with Crippen LogP contribution < -0.4 is 20.0 Å². The van der Waals surface area contributed by atoms with Gasteiger partial charge in [-0.15, -0.1) is 0 Å². The highest BCUT2D eigenvalue weighted by Gasteiger charge is 2.36. The van der Waals surface area contributed by atoms with Crippen LogP contribution in [0, 0.1) is 11.7 Å². The van der Waals surface area contributed by atoms with E-state index in [1.807, 2.05) is 17.0 Å². The Labute approximate surface area is 196 Å². The number of hydrogen-bond acceptors (Lipinski definition) is 6. The van der Waals surface area contributed by atoms with E-state index in [9.17, 15) is 9.18 Å². The number of nitrogens with zero attached hydrogens (tertiary/aromatic N) is 5. The summed E-state index contributed by atoms with van der Waals surface area (Å²) >= 11 is 0. The minimum absolute atomic E-state index is 0.123. The van der Waals surface area contributed by atoms with E-state index in [0.29, 0.717) is 12.5 Å². The summed E-state index contributed by atoms with van der Waals surface area (Å²) in [6.45, 7) is 10.3. The largest absolute Gasteiger partial charge is 0.368 e. The molecular weight excluding hydrogens is 419 g/mol. The first-order valence-electron chi connectivity index (χ1n) is 12.2. The first kappa shape index (κ1) is 23.3. The third-order valence-corrected chi connectivity index (χ3v) is 6.50. The van der Waals surface area contributed by atoms with Crippen LogP contribution in [0.2, 0.25) is 0 Å². The fourth-order valence-electron chi connectivity index (χ4n) is 4.52. The molecule has 0 unspecified atom stereocenters. The monoisotopic (exact) mass is 454 g/mol. The van der Waals surface area contributed by atoms with E-state index < -0.39 is 0 Å². The van der Waals surface area contributed by atoms with Crippen molar-refractivity contribution in [1.82, 2.24) is 9.97 Å². The fourth-order valence-corrected chi connectivity index (χ4v) is 4.52. The zero-order valence-electron chi connectivity index (χ0n) is 19.9. The molecule has 1 amide bonds. The topological polar surface area (TPSA) is 64.6 Å². The molecule has 8 heteroatoms. The summed E-state index contributed by atoms with van der Waals surface area (Å²) in [4.78, 5) is 29.0. The van der Waals surface area contributed by atoms with Crippen molar-refractivity contribution < 1.29 is 9.18 Å². The lowest BCUT2D eigenvalue weighted by molar-refractivity contribution is -0.119. The fraction of sp³-hybridized carbons (Fsp3) is 0.560. The molecule has 1 fully saturated rings. The molecule has 0 saturated carbocycles. The van der Waals surface area contributed by atoms with Crippen LogP contribution in [0.3, 0.4) is 0 Å². The standard InChI is InChI=1S/C25H35FN6O/c1-4-5-6-21-25(33)32(12-11-18(2)3)22-23(29-21)27-17-28-24(22)31-15-13-30(14-16-31)20-9-7-19(26)8-10-20/h7-10,17-18,21H,4-6,11-16H2,1-3H3,(H,27,28,29)/t21-/m0/s1. The Bertz CT molecular complexity index is 942. The van der Waals surface area contributed by atoms with Gasteiger partial charge in [-0.3, -0.25) is 4.79 Å². The number of carbonyl (C=O) groups excluding carboxylic acids is 1. The number of unbranched alkanes of at least 4 members (excludes halogenated alkanes) is 1. The number of amides is 1. The SMILES string of the molecule is CCCC[C@@H]1Nc2ncnc(N3CCN(c4ccc(F)cc4)CC3)c2N(CCC(C)C)C1=O. The van der Waals surface area contributed by atoms with E-state index in [-0.39, 0.29) is 17.8 Å². The number of hydrogen-bond donors (Lipinski definition) is 1. The number of halogens is 1. The van der Waals surface area contributed by atoms with Crippen molar-refractivity contribution in [1.29, 1.82) is 0 Å². The number of carbonyl (C=O) groups is 1. The van der Waals surface area contributed by atoms with E-state index >= 15 is 0 Å². The zero-order chi connectivity index (χ0) is 23.4. The average Bonchev–Trinajstić information content (AvgIpc) is 2.82. The normalized spacial score (nSPS) is 18.5. The van der Waals surface area contributed by atoms with Crippen LogP contribution in [-0.2, 0) is 4.79 Å². The van der Waals surface area contributed by atoms with E-state index in [1.165, 1.54) is 12.1 Å². The molecule has 2 aliphatic heterocycles. The molecule has 0 aliphatic carbocycles. The van der Waals surface area contributed by atoms with Gasteiger partial charge in [-0.25, -0.2) is 14.4 Å². The van der Waals surface area contributed by atoms with Crippen molar-refractivity contribution in [3.63, 3.8) is 0 Å². The number of aromatic nitrogens is 2. The van der Waals surface area contributed by atoms with Crippen molar-refractivity contribution >= 4 is 28.9 Å². The first-order chi connectivity index (χ1) is 16.0. The average molecular weight is 455 g/mol. The minimum Gasteiger partial charge on any atom is -0.368 e. The van der Waals surface area contributed by atoms with Gasteiger partial charge in [-0.05, 0) is 43.0 Å². The Morgan fingerprint density at radius 3 is 2.45 bits per heavy atom. The number of anilines is 4. The van der Waals surface area contributed by atoms with Crippen molar-refractivity contribution in [2.45, 2.75) is 52.5 Å². The maximum atomic E-state index is 13.5. The van der Waals surface area contributed by atoms with Crippen LogP contribution in [0.25, 0.3) is 0 Å². The molecule has 1 aromatic carbocycles. The number of piperazine rings is 1. The maximum absolute atomic E-state index is 13.5. The van der Waals surface area contributed by atoms with E-state index in [0.717, 1.165) is 74.9 Å². The highest BCUT2D eigenvalue weighted by Crippen LogP contribution is 2.38. The molecule has 0 spiro atoms. The van der Waals surface area contributed by atoms with Crippen LogP contribution in [0.4, 0.5) is 27.4 Å². The Morgan fingerprint density at radius 1 is 1.09 bits per heavy atom. The van der Waals surface area contributed by atoms with Crippen molar-refractivity contribution in [3.8, 4) is 0 Å². The molecule has 2 aromatic rings. The van der Waals surface area contributed by atoms with E-state index in [4.69, 9.17) is 0 Å². The molecule has 7 nitrogen and oxygen atoms in total. The number of benzene rings is 1. The third-order valence-electron chi connectivity index (χ3n) is 6.50. The Kier molecular flexibility index (Phi) is 7.30. The number of nitrogens with one attached hydrogen (secondary N) is 1. The van der Waals surface area contributed by atoms with Crippen molar-refractivity contribution in [2.75, 3.05) is 52.7 Å². The molecule has 3 heterocycles. The smallest absolute Gasteiger partial charge is 0.249 e. The first-order valence-corrected chi connectivity index (χ1v) is 12.2. The predicted molar refractivity (Wildman–Crippen MR) is 132 cm³/mol. The maximum Gasteiger partial charge on any atom is 0.249 e. The summed E-state index contributed by atoms with van der Waals surface area (Å²) in [5.41, 5.74) is 1.83. The highest BCUT2D eigenvalue weighted by molar-refractivity contribution is 6.07. The molecule has 1 aromatic heterocycles. The van der Waals surface area contributed by atoms with E-state index in [1.54, 1.807) is 6.33 Å². The van der Waals surface area contributed by atoms with Crippen LogP contribution in [0.5, 0.6) is 0 Å². The van der Waals surface area contributed by atoms with Gasteiger partial charge in [0, 0.05) is 38.4 Å². The molecule has 178 valence electrons. The van der Waals surface area contributed by atoms with Gasteiger partial charge >= 0.3 is 0 Å². The second-order valence-electron chi connectivity index (χ2n) is 9.36. The quantitative estimate of drug-likeness (QED) is 0.641. The minimum atomic E-state index is -0.234. The summed E-state index contributed by atoms with van der Waals surface area (Å²) in [6.07, 6.45) is 5.39. The van der Waals surface area contributed by atoms with Crippen LogP contribution >= 0.6 is 0 Å². The summed E-state index contributed by atoms with van der Waals surface area (Å²) < 4.78 is 13.3. The summed E-state index contributed by atoms with van der Waals surface area (Å²) in [5, 5.41) is 3.40. The second-order valence-corrected chi connectivity index (χ2v) is 9.36. The lowest BCUT2D eigenvalue weighted by atomic mass is 10.0. The molecule has 2 aliphatic rings. The molecular formula is C25H35FN6O. The van der Waals surface area contributed by atoms with Gasteiger partial charge in [-0.1, -0.05) is 33.6 Å². The Balaban J connectivity index is 1.57. The van der Waals surface area contributed by atoms with Crippen LogP contribution in [-0.4, -0.2) is 54.6 Å². The van der Waals surface area contributed by atoms with Crippen LogP contribution in [0.1, 0.15) is 46.5 Å². The molecule has 1 atom stereocenters. The zero-order valence-corrected chi connectivity index (χ0v) is 19.9. The van der Waals surface area contributed by atoms with Gasteiger partial charge < -0.3 is 20.0 Å². The summed E-state index contributed by atoms with van der Waals surface area (Å²) in [6, 6.07) is 6.42. The summed E-state index contributed by atoms with van der Waals surface area (Å²) in [7, 11) is 0. The van der Waals surface area contributed by atoms with Gasteiger partial charge in [0.2, 0.25) is 5.91 Å². The third kappa shape index (κ3) is 5.20. The van der Waals surface area contributed by atoms with Crippen molar-refractivity contribution in [3.05, 3.63) is 36.4 Å². The van der Waals surface area contributed by atoms with Crippen molar-refractivity contribution in [2.24, 2.45) is 5.92 Å². The summed E-state index contributed by atoms with van der Waals surface area (Å²) in [5.74, 6) is 1.97. The molecule has 1 saturated heterocycles. The second kappa shape index (κ2) is 10.4. The van der Waals surface area contributed by atoms with Gasteiger partial charge in [0.05, 0.1) is 0 Å². The molecule has 4 rings (SSSR count). The molecule has 0 bridgehead atoms. The lowest BCUT2D eigenvalue weighted by Crippen LogP contribution is -2.51. The van der Waals surface area contributed by atoms with Crippen LogP contribution in [0.15, 0.2) is 30.6 Å². The molecule has 1 N–H and O–H groups in total. The lowest BCUT2D eigenvalue weighted by Gasteiger charge is -2.41. The number of rotatable bonds is 8. The van der Waals surface area contributed by atoms with Gasteiger partial charge in [0.25, 0.3) is 0 Å². The molecule has 33 heavy (non-hydrogen) atoms. The number of fused-ring (bicyclic) bond motifs is 1. The highest BCUT2D eigenvalue weighted by atomic mass is 19.1. The molecule has 0 radical (unpaired) electrons. The van der Waals surface area contributed by atoms with E-state index in [2.05, 4.69) is 45.9 Å². The Morgan fingerprint density at radius 2 is 1.79 bits per heavy atom. The van der Waals surface area contributed by atoms with Gasteiger partial charge in [-0.2, -0.15) is 0 Å². The van der Waals surface area contributed by atoms with Gasteiger partial charge in [0.15, 0.2) is 11.6 Å². The van der Waals surface area contributed by atoms with Gasteiger partial charge in [0.1, 0.15) is 23.9 Å².